The summed E-state index contributed by atoms with van der Waals surface area (Å²) in [5.41, 5.74) is 4.12. The van der Waals surface area contributed by atoms with Crippen LogP contribution in [0.15, 0.2) is 36.4 Å². The van der Waals surface area contributed by atoms with E-state index in [1.807, 2.05) is 37.3 Å². The number of fused-ring (bicyclic) bond motifs is 1. The lowest BCUT2D eigenvalue weighted by molar-refractivity contribution is -0.110. The molecule has 0 aromatic heterocycles. The molecule has 1 amide bonds. The molecule has 0 spiro atoms. The summed E-state index contributed by atoms with van der Waals surface area (Å²) in [5.74, 6) is 0.172. The number of carbonyl (C=O) groups excluding carboxylic acids is 1. The number of aryl methyl sites for hydroxylation is 1. The Morgan fingerprint density at radius 3 is 2.75 bits per heavy atom. The highest BCUT2D eigenvalue weighted by Gasteiger charge is 2.24. The van der Waals surface area contributed by atoms with Crippen LogP contribution in [0.5, 0.6) is 5.75 Å². The maximum atomic E-state index is 12.1. The van der Waals surface area contributed by atoms with Crippen LogP contribution in [0, 0.1) is 10.5 Å². The van der Waals surface area contributed by atoms with Gasteiger partial charge in [0.15, 0.2) is 0 Å². The van der Waals surface area contributed by atoms with Crippen molar-refractivity contribution < 1.29 is 9.90 Å². The largest absolute Gasteiger partial charge is 0.508 e. The molecule has 1 heterocycles. The minimum absolute atomic E-state index is 0.0901. The SMILES string of the molecule is Cc1cc(C=C2C(=O)Nc3ccc(I)cc32)ccc1O. The molecular formula is C16H12INO2. The van der Waals surface area contributed by atoms with Crippen LogP contribution in [0.2, 0.25) is 0 Å². The summed E-state index contributed by atoms with van der Waals surface area (Å²) >= 11 is 2.23. The number of halogens is 1. The molecule has 1 aliphatic heterocycles. The zero-order chi connectivity index (χ0) is 14.3. The van der Waals surface area contributed by atoms with E-state index in [0.717, 1.165) is 25.9 Å². The third-order valence-electron chi connectivity index (χ3n) is 3.30. The van der Waals surface area contributed by atoms with Crippen molar-refractivity contribution in [3.8, 4) is 5.75 Å². The Hall–Kier alpha value is -1.82. The Bertz CT molecular complexity index is 750. The molecule has 0 saturated carbocycles. The Morgan fingerprint density at radius 2 is 2.00 bits per heavy atom. The van der Waals surface area contributed by atoms with Crippen molar-refractivity contribution in [3.63, 3.8) is 0 Å². The summed E-state index contributed by atoms with van der Waals surface area (Å²) in [6, 6.07) is 11.2. The summed E-state index contributed by atoms with van der Waals surface area (Å²) in [6.07, 6.45) is 1.85. The highest BCUT2D eigenvalue weighted by atomic mass is 127. The molecule has 20 heavy (non-hydrogen) atoms. The molecule has 0 bridgehead atoms. The fourth-order valence-corrected chi connectivity index (χ4v) is 2.73. The molecule has 0 fully saturated rings. The Kier molecular flexibility index (Phi) is 3.25. The standard InChI is InChI=1S/C16H12INO2/c1-9-6-10(2-5-15(9)19)7-13-12-8-11(17)3-4-14(12)18-16(13)20/h2-8,19H,1H3,(H,18,20). The van der Waals surface area contributed by atoms with Gasteiger partial charge in [0.25, 0.3) is 5.91 Å². The number of amides is 1. The lowest BCUT2D eigenvalue weighted by atomic mass is 10.0. The Balaban J connectivity index is 2.10. The van der Waals surface area contributed by atoms with E-state index < -0.39 is 0 Å². The monoisotopic (exact) mass is 377 g/mol. The van der Waals surface area contributed by atoms with Crippen LogP contribution in [0.1, 0.15) is 16.7 Å². The molecule has 3 nitrogen and oxygen atoms in total. The molecule has 2 aromatic carbocycles. The van der Waals surface area contributed by atoms with Gasteiger partial charge in [-0.15, -0.1) is 0 Å². The number of phenols is 1. The molecule has 3 rings (SSSR count). The van der Waals surface area contributed by atoms with Crippen molar-refractivity contribution in [2.45, 2.75) is 6.92 Å². The predicted molar refractivity (Wildman–Crippen MR) is 88.5 cm³/mol. The van der Waals surface area contributed by atoms with E-state index in [4.69, 9.17) is 0 Å². The van der Waals surface area contributed by atoms with E-state index in [2.05, 4.69) is 27.9 Å². The molecule has 0 aliphatic carbocycles. The molecule has 4 heteroatoms. The Labute approximate surface area is 130 Å². The predicted octanol–water partition coefficient (Wildman–Crippen LogP) is 3.80. The highest BCUT2D eigenvalue weighted by molar-refractivity contribution is 14.1. The van der Waals surface area contributed by atoms with E-state index in [-0.39, 0.29) is 11.7 Å². The average Bonchev–Trinajstić information content (AvgIpc) is 2.70. The number of aromatic hydroxyl groups is 1. The molecule has 0 atom stereocenters. The molecule has 2 aromatic rings. The summed E-state index contributed by atoms with van der Waals surface area (Å²) in [4.78, 5) is 12.1. The topological polar surface area (TPSA) is 49.3 Å². The molecular weight excluding hydrogens is 365 g/mol. The van der Waals surface area contributed by atoms with Gasteiger partial charge in [-0.25, -0.2) is 0 Å². The third-order valence-corrected chi connectivity index (χ3v) is 3.97. The number of phenolic OH excluding ortho intramolecular Hbond substituents is 1. The second-order valence-corrected chi connectivity index (χ2v) is 5.99. The van der Waals surface area contributed by atoms with Gasteiger partial charge in [-0.2, -0.15) is 0 Å². The second-order valence-electron chi connectivity index (χ2n) is 4.75. The number of carbonyl (C=O) groups is 1. The normalized spacial score (nSPS) is 15.3. The van der Waals surface area contributed by atoms with Gasteiger partial charge >= 0.3 is 0 Å². The average molecular weight is 377 g/mol. The van der Waals surface area contributed by atoms with Crippen molar-refractivity contribution in [1.29, 1.82) is 0 Å². The van der Waals surface area contributed by atoms with Crippen molar-refractivity contribution in [3.05, 3.63) is 56.7 Å². The number of hydrogen-bond donors (Lipinski definition) is 2. The maximum Gasteiger partial charge on any atom is 0.256 e. The highest BCUT2D eigenvalue weighted by Crippen LogP contribution is 2.34. The van der Waals surface area contributed by atoms with Crippen LogP contribution in [-0.2, 0) is 4.79 Å². The lowest BCUT2D eigenvalue weighted by Gasteiger charge is -2.02. The number of hydrogen-bond acceptors (Lipinski definition) is 2. The zero-order valence-electron chi connectivity index (χ0n) is 10.8. The minimum Gasteiger partial charge on any atom is -0.508 e. The minimum atomic E-state index is -0.0901. The van der Waals surface area contributed by atoms with Gasteiger partial charge in [0.1, 0.15) is 5.75 Å². The molecule has 2 N–H and O–H groups in total. The number of nitrogens with one attached hydrogen (secondary N) is 1. The maximum absolute atomic E-state index is 12.1. The fraction of sp³-hybridized carbons (Fsp3) is 0.0625. The van der Waals surface area contributed by atoms with Crippen molar-refractivity contribution in [2.75, 3.05) is 5.32 Å². The molecule has 100 valence electrons. The van der Waals surface area contributed by atoms with Crippen LogP contribution < -0.4 is 5.32 Å². The summed E-state index contributed by atoms with van der Waals surface area (Å²) in [5, 5.41) is 12.4. The first-order chi connectivity index (χ1) is 9.54. The van der Waals surface area contributed by atoms with Crippen LogP contribution in [0.25, 0.3) is 11.6 Å². The van der Waals surface area contributed by atoms with Crippen LogP contribution in [0.4, 0.5) is 5.69 Å². The summed E-state index contributed by atoms with van der Waals surface area (Å²) in [6.45, 7) is 1.84. The molecule has 1 aliphatic rings. The van der Waals surface area contributed by atoms with Crippen LogP contribution in [-0.4, -0.2) is 11.0 Å². The van der Waals surface area contributed by atoms with Crippen molar-refractivity contribution in [2.24, 2.45) is 0 Å². The molecule has 0 radical (unpaired) electrons. The van der Waals surface area contributed by atoms with E-state index in [0.29, 0.717) is 5.57 Å². The van der Waals surface area contributed by atoms with E-state index >= 15 is 0 Å². The van der Waals surface area contributed by atoms with Gasteiger partial charge in [-0.3, -0.25) is 4.79 Å². The smallest absolute Gasteiger partial charge is 0.256 e. The summed E-state index contributed by atoms with van der Waals surface area (Å²) in [7, 11) is 0. The number of anilines is 1. The van der Waals surface area contributed by atoms with E-state index in [1.165, 1.54) is 0 Å². The van der Waals surface area contributed by atoms with Crippen molar-refractivity contribution >= 4 is 45.8 Å². The van der Waals surface area contributed by atoms with Gasteiger partial charge in [0, 0.05) is 20.4 Å². The molecule has 0 saturated heterocycles. The lowest BCUT2D eigenvalue weighted by Crippen LogP contribution is -2.03. The molecule has 0 unspecified atom stereocenters. The van der Waals surface area contributed by atoms with Crippen LogP contribution >= 0.6 is 22.6 Å². The number of benzene rings is 2. The van der Waals surface area contributed by atoms with E-state index in [1.54, 1.807) is 12.1 Å². The van der Waals surface area contributed by atoms with Gasteiger partial charge in [0.2, 0.25) is 0 Å². The first-order valence-corrected chi connectivity index (χ1v) is 7.25. The number of rotatable bonds is 1. The zero-order valence-corrected chi connectivity index (χ0v) is 12.9. The fourth-order valence-electron chi connectivity index (χ4n) is 2.24. The van der Waals surface area contributed by atoms with Gasteiger partial charge < -0.3 is 10.4 Å². The van der Waals surface area contributed by atoms with Gasteiger partial charge in [-0.1, -0.05) is 6.07 Å². The summed E-state index contributed by atoms with van der Waals surface area (Å²) < 4.78 is 1.09. The second kappa shape index (κ2) is 4.94. The van der Waals surface area contributed by atoms with Gasteiger partial charge in [0.05, 0.1) is 0 Å². The van der Waals surface area contributed by atoms with E-state index in [9.17, 15) is 9.90 Å². The quantitative estimate of drug-likeness (QED) is 0.587. The first kappa shape index (κ1) is 13.2. The first-order valence-electron chi connectivity index (χ1n) is 6.17. The third kappa shape index (κ3) is 2.31. The Morgan fingerprint density at radius 1 is 1.20 bits per heavy atom. The van der Waals surface area contributed by atoms with Gasteiger partial charge in [-0.05, 0) is 77.0 Å². The van der Waals surface area contributed by atoms with Crippen LogP contribution in [0.3, 0.4) is 0 Å². The van der Waals surface area contributed by atoms with Crippen molar-refractivity contribution in [1.82, 2.24) is 0 Å².